The van der Waals surface area contributed by atoms with Crippen LogP contribution in [0.15, 0.2) is 24.3 Å². The van der Waals surface area contributed by atoms with Crippen LogP contribution in [0.5, 0.6) is 5.75 Å². The summed E-state index contributed by atoms with van der Waals surface area (Å²) in [5.41, 5.74) is 6.08. The molecule has 1 aliphatic rings. The zero-order valence-corrected chi connectivity index (χ0v) is 10.5. The van der Waals surface area contributed by atoms with Gasteiger partial charge >= 0.3 is 0 Å². The van der Waals surface area contributed by atoms with Crippen molar-refractivity contribution in [3.63, 3.8) is 0 Å². The average molecular weight is 266 g/mol. The zero-order valence-electron chi connectivity index (χ0n) is 10.5. The molecule has 0 aromatic heterocycles. The first kappa shape index (κ1) is 13.8. The molecular formula is C13H18N2O4. The fraction of sp³-hybridized carbons (Fsp3) is 0.462. The van der Waals surface area contributed by atoms with Gasteiger partial charge in [0.05, 0.1) is 19.3 Å². The molecule has 0 radical (unpaired) electrons. The van der Waals surface area contributed by atoms with Crippen LogP contribution in [0.2, 0.25) is 0 Å². The molecule has 6 nitrogen and oxygen atoms in total. The molecule has 19 heavy (non-hydrogen) atoms. The molecule has 0 aliphatic carbocycles. The Kier molecular flexibility index (Phi) is 4.36. The summed E-state index contributed by atoms with van der Waals surface area (Å²) in [7, 11) is 0. The lowest BCUT2D eigenvalue weighted by molar-refractivity contribution is -0.124. The largest absolute Gasteiger partial charge is 0.493 e. The molecule has 6 heteroatoms. The Balaban J connectivity index is 2.13. The number of para-hydroxylation sites is 1. The number of carbonyl (C=O) groups is 1. The van der Waals surface area contributed by atoms with Crippen molar-refractivity contribution in [3.05, 3.63) is 29.8 Å². The topological polar surface area (TPSA) is 105 Å². The maximum atomic E-state index is 11.7. The number of aliphatic hydroxyl groups is 2. The van der Waals surface area contributed by atoms with Crippen LogP contribution in [0.4, 0.5) is 0 Å². The number of nitrogens with two attached hydrogens (primary N) is 1. The number of fused-ring (bicyclic) bond motifs is 1. The molecule has 0 bridgehead atoms. The molecule has 1 aromatic carbocycles. The van der Waals surface area contributed by atoms with Gasteiger partial charge in [-0.2, -0.15) is 0 Å². The van der Waals surface area contributed by atoms with Crippen LogP contribution >= 0.6 is 0 Å². The second kappa shape index (κ2) is 6.01. The maximum absolute atomic E-state index is 11.7. The van der Waals surface area contributed by atoms with Gasteiger partial charge in [0.2, 0.25) is 5.91 Å². The summed E-state index contributed by atoms with van der Waals surface area (Å²) in [4.78, 5) is 11.7. The second-order valence-corrected chi connectivity index (χ2v) is 4.52. The summed E-state index contributed by atoms with van der Waals surface area (Å²) < 4.78 is 5.53. The van der Waals surface area contributed by atoms with E-state index in [1.54, 1.807) is 18.2 Å². The molecule has 1 aliphatic heterocycles. The van der Waals surface area contributed by atoms with Gasteiger partial charge in [-0.1, -0.05) is 18.2 Å². The quantitative estimate of drug-likeness (QED) is 0.579. The number of rotatable bonds is 3. The maximum Gasteiger partial charge on any atom is 0.239 e. The van der Waals surface area contributed by atoms with Crippen LogP contribution in [-0.2, 0) is 4.79 Å². The lowest BCUT2D eigenvalue weighted by atomic mass is 10.00. The highest BCUT2D eigenvalue weighted by Gasteiger charge is 2.29. The first-order chi connectivity index (χ1) is 9.13. The van der Waals surface area contributed by atoms with Crippen molar-refractivity contribution in [3.8, 4) is 5.75 Å². The van der Waals surface area contributed by atoms with Crippen molar-refractivity contribution in [1.29, 1.82) is 0 Å². The molecule has 1 amide bonds. The van der Waals surface area contributed by atoms with Gasteiger partial charge < -0.3 is 26.0 Å². The molecule has 0 saturated carbocycles. The molecule has 0 fully saturated rings. The van der Waals surface area contributed by atoms with E-state index in [0.29, 0.717) is 24.3 Å². The first-order valence-corrected chi connectivity index (χ1v) is 6.20. The number of benzene rings is 1. The lowest BCUT2D eigenvalue weighted by Gasteiger charge is -2.23. The minimum absolute atomic E-state index is 0.396. The minimum atomic E-state index is -0.980. The molecule has 2 rings (SSSR count). The van der Waals surface area contributed by atoms with Crippen molar-refractivity contribution >= 4 is 5.91 Å². The second-order valence-electron chi connectivity index (χ2n) is 4.52. The number of carbonyl (C=O) groups excluding carboxylic acids is 1. The Bertz CT molecular complexity index is 452. The van der Waals surface area contributed by atoms with Crippen molar-refractivity contribution in [2.24, 2.45) is 5.73 Å². The Morgan fingerprint density at radius 3 is 3.00 bits per heavy atom. The van der Waals surface area contributed by atoms with E-state index in [2.05, 4.69) is 5.32 Å². The predicted molar refractivity (Wildman–Crippen MR) is 68.5 cm³/mol. The smallest absolute Gasteiger partial charge is 0.239 e. The van der Waals surface area contributed by atoms with Crippen LogP contribution in [0.25, 0.3) is 0 Å². The van der Waals surface area contributed by atoms with E-state index in [9.17, 15) is 9.90 Å². The monoisotopic (exact) mass is 266 g/mol. The van der Waals surface area contributed by atoms with Gasteiger partial charge in [0.25, 0.3) is 0 Å². The van der Waals surface area contributed by atoms with Crippen molar-refractivity contribution in [2.45, 2.75) is 24.6 Å². The number of ether oxygens (including phenoxy) is 1. The molecule has 0 spiro atoms. The van der Waals surface area contributed by atoms with Gasteiger partial charge in [0.15, 0.2) is 0 Å². The molecular weight excluding hydrogens is 248 g/mol. The van der Waals surface area contributed by atoms with Crippen molar-refractivity contribution in [1.82, 2.24) is 5.32 Å². The average Bonchev–Trinajstić information content (AvgIpc) is 2.59. The van der Waals surface area contributed by atoms with Crippen molar-refractivity contribution < 1.29 is 19.7 Å². The molecule has 3 unspecified atom stereocenters. The van der Waals surface area contributed by atoms with Crippen LogP contribution in [-0.4, -0.2) is 41.4 Å². The zero-order chi connectivity index (χ0) is 13.8. The van der Waals surface area contributed by atoms with Gasteiger partial charge in [0, 0.05) is 12.0 Å². The number of amides is 1. The molecule has 3 atom stereocenters. The number of aliphatic hydroxyl groups excluding tert-OH is 2. The van der Waals surface area contributed by atoms with E-state index in [-0.39, 0.29) is 0 Å². The summed E-state index contributed by atoms with van der Waals surface area (Å²) in [6.07, 6.45) is -0.381. The number of hydrogen-bond acceptors (Lipinski definition) is 5. The van der Waals surface area contributed by atoms with Crippen LogP contribution in [0.3, 0.4) is 0 Å². The molecule has 1 aromatic rings. The fourth-order valence-electron chi connectivity index (χ4n) is 2.05. The summed E-state index contributed by atoms with van der Waals surface area (Å²) >= 11 is 0. The summed E-state index contributed by atoms with van der Waals surface area (Å²) in [6.45, 7) is -0.0326. The molecule has 1 heterocycles. The first-order valence-electron chi connectivity index (χ1n) is 6.20. The number of nitrogens with one attached hydrogen (secondary N) is 1. The van der Waals surface area contributed by atoms with E-state index >= 15 is 0 Å². The Hall–Kier alpha value is -1.63. The van der Waals surface area contributed by atoms with Crippen LogP contribution in [0, 0.1) is 0 Å². The Morgan fingerprint density at radius 1 is 1.53 bits per heavy atom. The third kappa shape index (κ3) is 3.04. The minimum Gasteiger partial charge on any atom is -0.493 e. The van der Waals surface area contributed by atoms with Gasteiger partial charge in [-0.25, -0.2) is 0 Å². The molecule has 0 saturated heterocycles. The van der Waals surface area contributed by atoms with E-state index in [4.69, 9.17) is 15.6 Å². The standard InChI is InChI=1S/C13H18N2O4/c14-9(7-16)13(18)15-10-5-6-19-11-4-2-1-3-8(11)12(10)17/h1-4,9-10,12,16-17H,5-7,14H2,(H,15,18). The van der Waals surface area contributed by atoms with E-state index < -0.39 is 30.7 Å². The van der Waals surface area contributed by atoms with Crippen LogP contribution < -0.4 is 15.8 Å². The third-order valence-corrected chi connectivity index (χ3v) is 3.17. The SMILES string of the molecule is NC(CO)C(=O)NC1CCOc2ccccc2C1O. The van der Waals surface area contributed by atoms with E-state index in [1.165, 1.54) is 0 Å². The normalized spacial score (nSPS) is 23.7. The van der Waals surface area contributed by atoms with Gasteiger partial charge in [-0.15, -0.1) is 0 Å². The van der Waals surface area contributed by atoms with E-state index in [1.807, 2.05) is 6.07 Å². The van der Waals surface area contributed by atoms with Gasteiger partial charge in [-0.3, -0.25) is 4.79 Å². The Labute approximate surface area is 111 Å². The number of hydrogen-bond donors (Lipinski definition) is 4. The molecule has 104 valence electrons. The fourth-order valence-corrected chi connectivity index (χ4v) is 2.05. The van der Waals surface area contributed by atoms with E-state index in [0.717, 1.165) is 0 Å². The Morgan fingerprint density at radius 2 is 2.26 bits per heavy atom. The van der Waals surface area contributed by atoms with Crippen LogP contribution in [0.1, 0.15) is 18.1 Å². The summed E-state index contributed by atoms with van der Waals surface area (Å²) in [6, 6.07) is 5.71. The van der Waals surface area contributed by atoms with Crippen molar-refractivity contribution in [2.75, 3.05) is 13.2 Å². The highest BCUT2D eigenvalue weighted by molar-refractivity contribution is 5.82. The highest BCUT2D eigenvalue weighted by atomic mass is 16.5. The lowest BCUT2D eigenvalue weighted by Crippen LogP contribution is -2.49. The van der Waals surface area contributed by atoms with Gasteiger partial charge in [0.1, 0.15) is 17.9 Å². The van der Waals surface area contributed by atoms with Gasteiger partial charge in [-0.05, 0) is 6.07 Å². The predicted octanol–water partition coefficient (Wildman–Crippen LogP) is -0.693. The summed E-state index contributed by atoms with van der Waals surface area (Å²) in [5.74, 6) is 0.143. The third-order valence-electron chi connectivity index (χ3n) is 3.17. The summed E-state index contributed by atoms with van der Waals surface area (Å²) in [5, 5.41) is 21.8. The highest BCUT2D eigenvalue weighted by Crippen LogP contribution is 2.31. The molecule has 5 N–H and O–H groups in total.